The Morgan fingerprint density at radius 3 is 2.42 bits per heavy atom. The van der Waals surface area contributed by atoms with E-state index < -0.39 is 0 Å². The third kappa shape index (κ3) is 2.19. The Balaban J connectivity index is 1.77. The fourth-order valence-corrected chi connectivity index (χ4v) is 2.58. The summed E-state index contributed by atoms with van der Waals surface area (Å²) >= 11 is 0. The molecule has 2 amide bonds. The van der Waals surface area contributed by atoms with Gasteiger partial charge in [-0.25, -0.2) is 0 Å². The molecule has 0 bridgehead atoms. The predicted molar refractivity (Wildman–Crippen MR) is 72.0 cm³/mol. The van der Waals surface area contributed by atoms with Gasteiger partial charge in [-0.2, -0.15) is 0 Å². The number of amides is 2. The number of nitrogens with zero attached hydrogens (tertiary/aromatic N) is 1. The van der Waals surface area contributed by atoms with E-state index in [9.17, 15) is 9.59 Å². The van der Waals surface area contributed by atoms with E-state index in [1.807, 2.05) is 6.08 Å². The lowest BCUT2D eigenvalue weighted by Gasteiger charge is -2.17. The molecule has 0 unspecified atom stereocenters. The predicted octanol–water partition coefficient (Wildman–Crippen LogP) is 1.59. The van der Waals surface area contributed by atoms with Gasteiger partial charge in [-0.15, -0.1) is 0 Å². The summed E-state index contributed by atoms with van der Waals surface area (Å²) in [7, 11) is 0. The maximum Gasteiger partial charge on any atom is 0.261 e. The van der Waals surface area contributed by atoms with E-state index in [-0.39, 0.29) is 11.8 Å². The van der Waals surface area contributed by atoms with Crippen LogP contribution in [0.15, 0.2) is 35.9 Å². The number of benzene rings is 1. The molecule has 1 saturated heterocycles. The lowest BCUT2D eigenvalue weighted by atomic mass is 10.1. The molecule has 0 atom stereocenters. The van der Waals surface area contributed by atoms with Gasteiger partial charge in [0.2, 0.25) is 0 Å². The van der Waals surface area contributed by atoms with Crippen LogP contribution in [0, 0.1) is 0 Å². The lowest BCUT2D eigenvalue weighted by Crippen LogP contribution is -2.31. The van der Waals surface area contributed by atoms with Crippen molar-refractivity contribution in [1.29, 1.82) is 0 Å². The van der Waals surface area contributed by atoms with E-state index in [0.29, 0.717) is 17.7 Å². The molecular weight excluding hydrogens is 240 g/mol. The number of hydrogen-bond acceptors (Lipinski definition) is 3. The van der Waals surface area contributed by atoms with Crippen molar-refractivity contribution in [2.75, 3.05) is 19.6 Å². The molecule has 4 heteroatoms. The van der Waals surface area contributed by atoms with Gasteiger partial charge in [0, 0.05) is 13.1 Å². The Bertz CT molecular complexity index is 520. The highest BCUT2D eigenvalue weighted by Crippen LogP contribution is 2.22. The Labute approximate surface area is 112 Å². The molecule has 2 heterocycles. The molecule has 0 aromatic heterocycles. The number of fused-ring (bicyclic) bond motifs is 1. The number of imide groups is 1. The van der Waals surface area contributed by atoms with Crippen molar-refractivity contribution in [2.45, 2.75) is 12.8 Å². The van der Waals surface area contributed by atoms with Crippen molar-refractivity contribution in [3.8, 4) is 0 Å². The molecule has 3 rings (SSSR count). The number of hydrogen-bond donors (Lipinski definition) is 1. The van der Waals surface area contributed by atoms with E-state index in [2.05, 4.69) is 5.32 Å². The second-order valence-electron chi connectivity index (χ2n) is 4.91. The second kappa shape index (κ2) is 4.97. The van der Waals surface area contributed by atoms with Crippen molar-refractivity contribution in [2.24, 2.45) is 0 Å². The van der Waals surface area contributed by atoms with Crippen LogP contribution >= 0.6 is 0 Å². The molecule has 0 spiro atoms. The Hall–Kier alpha value is -1.94. The van der Waals surface area contributed by atoms with E-state index in [1.165, 1.54) is 10.5 Å². The van der Waals surface area contributed by atoms with Crippen molar-refractivity contribution >= 4 is 11.8 Å². The first-order valence-electron chi connectivity index (χ1n) is 6.61. The number of carbonyl (C=O) groups excluding carboxylic acids is 2. The van der Waals surface area contributed by atoms with Crippen LogP contribution in [0.4, 0.5) is 0 Å². The monoisotopic (exact) mass is 256 g/mol. The first-order chi connectivity index (χ1) is 9.27. The standard InChI is InChI=1S/C15H16N2O2/c18-14-12-5-1-2-6-13(12)15(19)17(14)9-7-11-4-3-8-16-10-11/h1-2,5-7,16H,3-4,8-10H2/b11-7+. The maximum atomic E-state index is 12.1. The molecule has 0 radical (unpaired) electrons. The van der Waals surface area contributed by atoms with Gasteiger partial charge >= 0.3 is 0 Å². The Morgan fingerprint density at radius 1 is 1.16 bits per heavy atom. The molecular formula is C15H16N2O2. The first kappa shape index (κ1) is 12.1. The molecule has 2 aliphatic heterocycles. The molecule has 2 aliphatic rings. The van der Waals surface area contributed by atoms with Crippen LogP contribution in [0.5, 0.6) is 0 Å². The summed E-state index contributed by atoms with van der Waals surface area (Å²) in [4.78, 5) is 25.6. The Morgan fingerprint density at radius 2 is 1.84 bits per heavy atom. The van der Waals surface area contributed by atoms with Crippen LogP contribution in [0.25, 0.3) is 0 Å². The average Bonchev–Trinajstić information content (AvgIpc) is 2.71. The van der Waals surface area contributed by atoms with Crippen molar-refractivity contribution in [3.05, 3.63) is 47.0 Å². The zero-order chi connectivity index (χ0) is 13.2. The zero-order valence-corrected chi connectivity index (χ0v) is 10.7. The average molecular weight is 256 g/mol. The minimum Gasteiger partial charge on any atom is -0.313 e. The van der Waals surface area contributed by atoms with Gasteiger partial charge in [0.1, 0.15) is 0 Å². The normalized spacial score (nSPS) is 21.1. The largest absolute Gasteiger partial charge is 0.313 e. The topological polar surface area (TPSA) is 49.4 Å². The highest BCUT2D eigenvalue weighted by atomic mass is 16.2. The van der Waals surface area contributed by atoms with E-state index >= 15 is 0 Å². The zero-order valence-electron chi connectivity index (χ0n) is 10.7. The van der Waals surface area contributed by atoms with Crippen LogP contribution in [0.3, 0.4) is 0 Å². The summed E-state index contributed by atoms with van der Waals surface area (Å²) < 4.78 is 0. The summed E-state index contributed by atoms with van der Waals surface area (Å²) in [5.41, 5.74) is 2.32. The molecule has 4 nitrogen and oxygen atoms in total. The van der Waals surface area contributed by atoms with Crippen LogP contribution in [-0.2, 0) is 0 Å². The second-order valence-corrected chi connectivity index (χ2v) is 4.91. The summed E-state index contributed by atoms with van der Waals surface area (Å²) in [5, 5.41) is 3.29. The van der Waals surface area contributed by atoms with Crippen molar-refractivity contribution < 1.29 is 9.59 Å². The third-order valence-electron chi connectivity index (χ3n) is 3.64. The van der Waals surface area contributed by atoms with Gasteiger partial charge in [-0.1, -0.05) is 23.8 Å². The quantitative estimate of drug-likeness (QED) is 0.646. The highest BCUT2D eigenvalue weighted by molar-refractivity contribution is 6.21. The molecule has 98 valence electrons. The van der Waals surface area contributed by atoms with Crippen LogP contribution in [-0.4, -0.2) is 36.3 Å². The van der Waals surface area contributed by atoms with Gasteiger partial charge < -0.3 is 5.32 Å². The van der Waals surface area contributed by atoms with Gasteiger partial charge in [-0.05, 0) is 31.5 Å². The number of carbonyl (C=O) groups is 2. The van der Waals surface area contributed by atoms with Gasteiger partial charge in [-0.3, -0.25) is 14.5 Å². The van der Waals surface area contributed by atoms with E-state index in [4.69, 9.17) is 0 Å². The first-order valence-corrected chi connectivity index (χ1v) is 6.61. The minimum atomic E-state index is -0.179. The SMILES string of the molecule is O=C1c2ccccc2C(=O)N1C/C=C1\CCCNC1. The van der Waals surface area contributed by atoms with Crippen molar-refractivity contribution in [3.63, 3.8) is 0 Å². The number of nitrogens with one attached hydrogen (secondary N) is 1. The summed E-state index contributed by atoms with van der Waals surface area (Å²) in [5.74, 6) is -0.359. The van der Waals surface area contributed by atoms with Crippen LogP contribution in [0.2, 0.25) is 0 Å². The lowest BCUT2D eigenvalue weighted by molar-refractivity contribution is 0.0671. The van der Waals surface area contributed by atoms with Gasteiger partial charge in [0.25, 0.3) is 11.8 Å². The third-order valence-corrected chi connectivity index (χ3v) is 3.64. The molecule has 1 aromatic rings. The molecule has 1 N–H and O–H groups in total. The number of piperidine rings is 1. The fraction of sp³-hybridized carbons (Fsp3) is 0.333. The van der Waals surface area contributed by atoms with Gasteiger partial charge in [0.15, 0.2) is 0 Å². The van der Waals surface area contributed by atoms with Gasteiger partial charge in [0.05, 0.1) is 11.1 Å². The van der Waals surface area contributed by atoms with Crippen LogP contribution < -0.4 is 5.32 Å². The highest BCUT2D eigenvalue weighted by Gasteiger charge is 2.34. The smallest absolute Gasteiger partial charge is 0.261 e. The summed E-state index contributed by atoms with van der Waals surface area (Å²) in [6, 6.07) is 7.00. The van der Waals surface area contributed by atoms with Crippen LogP contribution in [0.1, 0.15) is 33.6 Å². The minimum absolute atomic E-state index is 0.179. The molecule has 1 aromatic carbocycles. The maximum absolute atomic E-state index is 12.1. The fourth-order valence-electron chi connectivity index (χ4n) is 2.58. The summed E-state index contributed by atoms with van der Waals surface area (Å²) in [6.07, 6.45) is 4.18. The van der Waals surface area contributed by atoms with E-state index in [1.54, 1.807) is 24.3 Å². The molecule has 0 aliphatic carbocycles. The summed E-state index contributed by atoms with van der Waals surface area (Å²) in [6.45, 7) is 2.29. The van der Waals surface area contributed by atoms with E-state index in [0.717, 1.165) is 25.9 Å². The molecule has 0 saturated carbocycles. The molecule has 19 heavy (non-hydrogen) atoms. The molecule has 1 fully saturated rings. The van der Waals surface area contributed by atoms with Crippen molar-refractivity contribution in [1.82, 2.24) is 10.2 Å². The Kier molecular flexibility index (Phi) is 3.17. The number of rotatable bonds is 2.